The van der Waals surface area contributed by atoms with Crippen molar-refractivity contribution in [2.24, 2.45) is 0 Å². The number of amides is 1. The molecule has 0 radical (unpaired) electrons. The van der Waals surface area contributed by atoms with Gasteiger partial charge in [-0.2, -0.15) is 5.26 Å². The second kappa shape index (κ2) is 13.4. The lowest BCUT2D eigenvalue weighted by atomic mass is 10.0. The summed E-state index contributed by atoms with van der Waals surface area (Å²) in [6.07, 6.45) is 5.35. The van der Waals surface area contributed by atoms with Gasteiger partial charge in [0.15, 0.2) is 0 Å². The number of nitrogens with zero attached hydrogens (tertiary/aromatic N) is 4. The number of unbranched alkanes of at least 4 members (excludes halogenated alkanes) is 3. The van der Waals surface area contributed by atoms with Crippen molar-refractivity contribution in [2.75, 3.05) is 24.5 Å². The third kappa shape index (κ3) is 6.84. The average Bonchev–Trinajstić information content (AvgIpc) is 3.11. The van der Waals surface area contributed by atoms with Crippen molar-refractivity contribution in [3.8, 4) is 6.07 Å². The largest absolute Gasteiger partial charge is 0.481 e. The maximum absolute atomic E-state index is 13.4. The van der Waals surface area contributed by atoms with Crippen LogP contribution in [0, 0.1) is 18.3 Å². The highest BCUT2D eigenvalue weighted by atomic mass is 32.2. The van der Waals surface area contributed by atoms with Crippen LogP contribution in [0.1, 0.15) is 76.0 Å². The van der Waals surface area contributed by atoms with Crippen molar-refractivity contribution < 1.29 is 19.4 Å². The number of anilines is 1. The fourth-order valence-corrected chi connectivity index (χ4v) is 6.20. The molecule has 11 heteroatoms. The quantitative estimate of drug-likeness (QED) is 0.240. The molecule has 2 saturated heterocycles. The molecule has 0 aromatic carbocycles. The van der Waals surface area contributed by atoms with Gasteiger partial charge >= 0.3 is 5.97 Å². The highest BCUT2D eigenvalue weighted by Crippen LogP contribution is 2.36. The van der Waals surface area contributed by atoms with E-state index in [9.17, 15) is 19.6 Å². The molecule has 2 unspecified atom stereocenters. The number of ether oxygens (including phenoxy) is 1. The Morgan fingerprint density at radius 2 is 1.87 bits per heavy atom. The number of carbonyl (C=O) groups is 2. The van der Waals surface area contributed by atoms with E-state index in [-0.39, 0.29) is 35.7 Å². The predicted octanol–water partition coefficient (Wildman–Crippen LogP) is 4.29. The van der Waals surface area contributed by atoms with Gasteiger partial charge in [-0.1, -0.05) is 43.7 Å². The Kier molecular flexibility index (Phi) is 10.5. The van der Waals surface area contributed by atoms with Gasteiger partial charge in [0.2, 0.25) is 0 Å². The zero-order valence-electron chi connectivity index (χ0n) is 22.5. The molecule has 2 fully saturated rings. The fourth-order valence-electron chi connectivity index (χ4n) is 4.91. The number of aromatic nitrogens is 1. The van der Waals surface area contributed by atoms with Gasteiger partial charge in [0.1, 0.15) is 21.8 Å². The molecular weight excluding hydrogens is 524 g/mol. The Labute approximate surface area is 233 Å². The Hall–Kier alpha value is -2.68. The highest BCUT2D eigenvalue weighted by molar-refractivity contribution is 8.26. The molecule has 2 aliphatic rings. The number of carboxylic acids is 1. The number of morpholine rings is 1. The van der Waals surface area contributed by atoms with Gasteiger partial charge in [0.05, 0.1) is 17.1 Å². The van der Waals surface area contributed by atoms with E-state index in [1.54, 1.807) is 22.5 Å². The minimum atomic E-state index is -0.828. The number of rotatable bonds is 11. The molecule has 0 aliphatic carbocycles. The van der Waals surface area contributed by atoms with E-state index in [1.807, 2.05) is 13.8 Å². The van der Waals surface area contributed by atoms with Crippen LogP contribution in [-0.2, 0) is 20.9 Å². The van der Waals surface area contributed by atoms with E-state index in [0.29, 0.717) is 71.6 Å². The first-order valence-electron chi connectivity index (χ1n) is 13.1. The summed E-state index contributed by atoms with van der Waals surface area (Å²) in [5, 5.41) is 18.7. The van der Waals surface area contributed by atoms with Crippen LogP contribution in [0.2, 0.25) is 0 Å². The summed E-state index contributed by atoms with van der Waals surface area (Å²) in [5.74, 6) is -0.330. The van der Waals surface area contributed by atoms with Crippen LogP contribution in [0.5, 0.6) is 0 Å². The van der Waals surface area contributed by atoms with Crippen LogP contribution >= 0.6 is 24.0 Å². The Balaban J connectivity index is 2.04. The number of nitriles is 1. The third-order valence-electron chi connectivity index (χ3n) is 6.72. The van der Waals surface area contributed by atoms with Gasteiger partial charge in [0, 0.05) is 38.2 Å². The number of carbonyl (C=O) groups excluding carboxylic acids is 1. The number of thioether (sulfide) groups is 1. The summed E-state index contributed by atoms with van der Waals surface area (Å²) in [4.78, 5) is 41.7. The molecule has 2 atom stereocenters. The smallest absolute Gasteiger partial charge is 0.303 e. The second-order valence-electron chi connectivity index (χ2n) is 9.86. The summed E-state index contributed by atoms with van der Waals surface area (Å²) >= 11 is 6.72. The average molecular weight is 561 g/mol. The minimum Gasteiger partial charge on any atom is -0.481 e. The first-order valence-corrected chi connectivity index (χ1v) is 14.4. The molecule has 2 aliphatic heterocycles. The molecule has 3 rings (SSSR count). The topological polar surface area (TPSA) is 116 Å². The second-order valence-corrected chi connectivity index (χ2v) is 11.5. The van der Waals surface area contributed by atoms with Crippen LogP contribution in [0.3, 0.4) is 0 Å². The zero-order valence-corrected chi connectivity index (χ0v) is 24.1. The first kappa shape index (κ1) is 29.9. The van der Waals surface area contributed by atoms with Crippen molar-refractivity contribution >= 4 is 52.1 Å². The molecule has 1 amide bonds. The molecule has 0 spiro atoms. The van der Waals surface area contributed by atoms with Gasteiger partial charge < -0.3 is 14.7 Å². The van der Waals surface area contributed by atoms with Crippen molar-refractivity contribution in [1.29, 1.82) is 5.26 Å². The van der Waals surface area contributed by atoms with Crippen molar-refractivity contribution in [3.63, 3.8) is 0 Å². The van der Waals surface area contributed by atoms with Crippen molar-refractivity contribution in [3.05, 3.63) is 31.9 Å². The fraction of sp³-hybridized carbons (Fsp3) is 0.593. The first-order chi connectivity index (χ1) is 18.1. The molecule has 1 N–H and O–H groups in total. The number of aliphatic carboxylic acids is 1. The van der Waals surface area contributed by atoms with Crippen LogP contribution in [-0.4, -0.2) is 62.6 Å². The van der Waals surface area contributed by atoms with E-state index >= 15 is 0 Å². The number of thiocarbonyl (C=S) groups is 1. The van der Waals surface area contributed by atoms with Gasteiger partial charge in [-0.25, -0.2) is 0 Å². The lowest BCUT2D eigenvalue weighted by Crippen LogP contribution is -2.48. The summed E-state index contributed by atoms with van der Waals surface area (Å²) < 4.78 is 8.08. The minimum absolute atomic E-state index is 0.0448. The number of carboxylic acid groups (broad SMARTS) is 1. The van der Waals surface area contributed by atoms with E-state index < -0.39 is 5.97 Å². The number of pyridine rings is 1. The van der Waals surface area contributed by atoms with E-state index in [2.05, 4.69) is 17.9 Å². The Morgan fingerprint density at radius 3 is 2.47 bits per heavy atom. The summed E-state index contributed by atoms with van der Waals surface area (Å²) in [6.45, 7) is 9.86. The molecule has 1 aromatic heterocycles. The third-order valence-corrected chi connectivity index (χ3v) is 8.10. The normalized spacial score (nSPS) is 20.9. The van der Waals surface area contributed by atoms with Crippen molar-refractivity contribution in [2.45, 2.75) is 85.0 Å². The molecule has 0 saturated carbocycles. The molecule has 0 bridgehead atoms. The maximum Gasteiger partial charge on any atom is 0.303 e. The van der Waals surface area contributed by atoms with Crippen molar-refractivity contribution in [1.82, 2.24) is 9.47 Å². The molecule has 9 nitrogen and oxygen atoms in total. The predicted molar refractivity (Wildman–Crippen MR) is 153 cm³/mol. The SMILES string of the molecule is CCCCn1c(N2CC(C)OC(C)C2)c(C=C2SC(=S)N(CCCCCC(=O)O)C2=O)c(C)c(C#N)c1=O. The van der Waals surface area contributed by atoms with Crippen LogP contribution in [0.4, 0.5) is 5.82 Å². The van der Waals surface area contributed by atoms with E-state index in [0.717, 1.165) is 12.8 Å². The monoisotopic (exact) mass is 560 g/mol. The lowest BCUT2D eigenvalue weighted by molar-refractivity contribution is -0.137. The van der Waals surface area contributed by atoms with Crippen LogP contribution < -0.4 is 10.5 Å². The molecule has 1 aromatic rings. The summed E-state index contributed by atoms with van der Waals surface area (Å²) in [5.41, 5.74) is 0.997. The van der Waals surface area contributed by atoms with Gasteiger partial charge in [-0.15, -0.1) is 0 Å². The maximum atomic E-state index is 13.4. The van der Waals surface area contributed by atoms with E-state index in [1.165, 1.54) is 11.8 Å². The summed E-state index contributed by atoms with van der Waals surface area (Å²) in [7, 11) is 0. The molecule has 3 heterocycles. The van der Waals surface area contributed by atoms with E-state index in [4.69, 9.17) is 22.1 Å². The lowest BCUT2D eigenvalue weighted by Gasteiger charge is -2.39. The van der Waals surface area contributed by atoms with Gasteiger partial charge in [-0.05, 0) is 51.7 Å². The molecular formula is C27H36N4O5S2. The highest BCUT2D eigenvalue weighted by Gasteiger charge is 2.34. The standard InChI is InChI=1S/C27H36N4O5S2/c1-5-6-11-30-24(29-15-17(2)36-18(3)16-29)20(19(4)21(14-28)25(30)34)13-22-26(35)31(27(37)38-22)12-9-7-8-10-23(32)33/h13,17-18H,5-12,15-16H2,1-4H3,(H,32,33). The molecule has 38 heavy (non-hydrogen) atoms. The Morgan fingerprint density at radius 1 is 1.18 bits per heavy atom. The zero-order chi connectivity index (χ0) is 28.0. The van der Waals surface area contributed by atoms with Crippen LogP contribution in [0.25, 0.3) is 6.08 Å². The summed E-state index contributed by atoms with van der Waals surface area (Å²) in [6, 6.07) is 2.09. The van der Waals surface area contributed by atoms with Gasteiger partial charge in [-0.3, -0.25) is 23.9 Å². The van der Waals surface area contributed by atoms with Crippen LogP contribution in [0.15, 0.2) is 9.70 Å². The molecule has 206 valence electrons. The number of hydrogen-bond donors (Lipinski definition) is 1. The Bertz CT molecular complexity index is 1210. The van der Waals surface area contributed by atoms with Gasteiger partial charge in [0.25, 0.3) is 11.5 Å². The number of hydrogen-bond acceptors (Lipinski definition) is 8.